The van der Waals surface area contributed by atoms with E-state index in [2.05, 4.69) is 41.5 Å². The molecule has 21 heavy (non-hydrogen) atoms. The first kappa shape index (κ1) is 15.2. The number of anilines is 1. The Balaban J connectivity index is 1.81. The van der Waals surface area contributed by atoms with Gasteiger partial charge in [0.1, 0.15) is 5.82 Å². The maximum absolute atomic E-state index is 11.9. The molecule has 2 N–H and O–H groups in total. The van der Waals surface area contributed by atoms with Crippen molar-refractivity contribution in [3.8, 4) is 0 Å². The van der Waals surface area contributed by atoms with Crippen LogP contribution in [0.5, 0.6) is 0 Å². The second-order valence-electron chi connectivity index (χ2n) is 5.06. The molecule has 1 aromatic carbocycles. The van der Waals surface area contributed by atoms with Crippen molar-refractivity contribution < 1.29 is 9.90 Å². The number of hydrogen-bond acceptors (Lipinski definition) is 3. The van der Waals surface area contributed by atoms with Crippen LogP contribution >= 0.6 is 0 Å². The fraction of sp³-hybridized carbons (Fsp3) is 0.294. The van der Waals surface area contributed by atoms with E-state index in [0.717, 1.165) is 12.8 Å². The fourth-order valence-corrected chi connectivity index (χ4v) is 2.08. The third-order valence-electron chi connectivity index (χ3n) is 3.31. The van der Waals surface area contributed by atoms with E-state index in [1.807, 2.05) is 0 Å². The predicted octanol–water partition coefficient (Wildman–Crippen LogP) is 2.84. The second kappa shape index (κ2) is 7.55. The van der Waals surface area contributed by atoms with Gasteiger partial charge in [0.15, 0.2) is 0 Å². The summed E-state index contributed by atoms with van der Waals surface area (Å²) in [5.74, 6) is 0.371. The highest BCUT2D eigenvalue weighted by Crippen LogP contribution is 2.12. The van der Waals surface area contributed by atoms with Crippen molar-refractivity contribution in [3.63, 3.8) is 0 Å². The number of rotatable bonds is 6. The summed E-state index contributed by atoms with van der Waals surface area (Å²) in [5.41, 5.74) is 3.11. The van der Waals surface area contributed by atoms with Crippen LogP contribution in [-0.2, 0) is 17.8 Å². The molecule has 4 heteroatoms. The minimum atomic E-state index is -0.132. The third-order valence-corrected chi connectivity index (χ3v) is 3.31. The van der Waals surface area contributed by atoms with Crippen LogP contribution in [0.15, 0.2) is 42.6 Å². The Morgan fingerprint density at radius 2 is 2.00 bits per heavy atom. The van der Waals surface area contributed by atoms with Crippen molar-refractivity contribution in [2.75, 3.05) is 5.32 Å². The molecule has 1 aromatic heterocycles. The van der Waals surface area contributed by atoms with Gasteiger partial charge in [-0.3, -0.25) is 4.79 Å². The summed E-state index contributed by atoms with van der Waals surface area (Å²) in [5, 5.41) is 11.9. The molecule has 110 valence electrons. The number of benzene rings is 1. The Labute approximate surface area is 124 Å². The average Bonchev–Trinajstić information content (AvgIpc) is 2.50. The van der Waals surface area contributed by atoms with Gasteiger partial charge in [0, 0.05) is 18.2 Å². The topological polar surface area (TPSA) is 62.2 Å². The molecule has 4 nitrogen and oxygen atoms in total. The molecule has 1 amide bonds. The lowest BCUT2D eigenvalue weighted by atomic mass is 10.1. The van der Waals surface area contributed by atoms with Crippen molar-refractivity contribution in [3.05, 3.63) is 59.3 Å². The van der Waals surface area contributed by atoms with Crippen LogP contribution in [0.4, 0.5) is 5.82 Å². The zero-order valence-electron chi connectivity index (χ0n) is 12.2. The Kier molecular flexibility index (Phi) is 5.46. The van der Waals surface area contributed by atoms with Gasteiger partial charge in [-0.05, 0) is 31.4 Å². The van der Waals surface area contributed by atoms with E-state index in [1.165, 1.54) is 11.1 Å². The summed E-state index contributed by atoms with van der Waals surface area (Å²) in [6.45, 7) is 1.93. The Hall–Kier alpha value is -2.20. The van der Waals surface area contributed by atoms with Crippen LogP contribution in [0, 0.1) is 6.92 Å². The maximum Gasteiger partial charge on any atom is 0.225 e. The lowest BCUT2D eigenvalue weighted by molar-refractivity contribution is -0.116. The van der Waals surface area contributed by atoms with Gasteiger partial charge in [-0.2, -0.15) is 0 Å². The Morgan fingerprint density at radius 1 is 1.24 bits per heavy atom. The molecule has 2 rings (SSSR count). The molecule has 0 bridgehead atoms. The molecular weight excluding hydrogens is 264 g/mol. The molecule has 0 aliphatic heterocycles. The van der Waals surface area contributed by atoms with Gasteiger partial charge in [0.05, 0.1) is 6.61 Å². The van der Waals surface area contributed by atoms with E-state index in [0.29, 0.717) is 17.8 Å². The number of aromatic nitrogens is 1. The summed E-state index contributed by atoms with van der Waals surface area (Å²) in [6, 6.07) is 11.8. The van der Waals surface area contributed by atoms with Crippen LogP contribution in [0.1, 0.15) is 29.5 Å². The average molecular weight is 284 g/mol. The van der Waals surface area contributed by atoms with Crippen LogP contribution < -0.4 is 5.32 Å². The summed E-state index contributed by atoms with van der Waals surface area (Å²) in [4.78, 5) is 16.0. The highest BCUT2D eigenvalue weighted by atomic mass is 16.3. The zero-order chi connectivity index (χ0) is 15.1. The van der Waals surface area contributed by atoms with Crippen molar-refractivity contribution in [2.45, 2.75) is 32.8 Å². The molecule has 0 aliphatic rings. The lowest BCUT2D eigenvalue weighted by Gasteiger charge is -2.08. The smallest absolute Gasteiger partial charge is 0.225 e. The molecule has 2 aromatic rings. The van der Waals surface area contributed by atoms with E-state index in [9.17, 15) is 9.90 Å². The minimum absolute atomic E-state index is 0.0736. The lowest BCUT2D eigenvalue weighted by Crippen LogP contribution is -2.14. The molecule has 0 aliphatic carbocycles. The molecule has 0 saturated carbocycles. The molecule has 0 atom stereocenters. The minimum Gasteiger partial charge on any atom is -0.392 e. The number of nitrogens with zero attached hydrogens (tertiary/aromatic N) is 1. The second-order valence-corrected chi connectivity index (χ2v) is 5.06. The van der Waals surface area contributed by atoms with Gasteiger partial charge in [-0.15, -0.1) is 0 Å². The van der Waals surface area contributed by atoms with Gasteiger partial charge in [0.2, 0.25) is 5.91 Å². The largest absolute Gasteiger partial charge is 0.392 e. The van der Waals surface area contributed by atoms with Gasteiger partial charge in [0.25, 0.3) is 0 Å². The van der Waals surface area contributed by atoms with E-state index in [4.69, 9.17) is 0 Å². The number of amides is 1. The number of aryl methyl sites for hydroxylation is 2. The van der Waals surface area contributed by atoms with Crippen LogP contribution in [0.25, 0.3) is 0 Å². The number of pyridine rings is 1. The SMILES string of the molecule is Cc1ccc(CCCC(=O)Nc2ncccc2CO)cc1. The molecule has 0 radical (unpaired) electrons. The van der Waals surface area contributed by atoms with Crippen LogP contribution in [0.3, 0.4) is 0 Å². The number of nitrogens with one attached hydrogen (secondary N) is 1. The van der Waals surface area contributed by atoms with Crippen molar-refractivity contribution in [2.24, 2.45) is 0 Å². The fourth-order valence-electron chi connectivity index (χ4n) is 2.08. The Morgan fingerprint density at radius 3 is 2.71 bits per heavy atom. The molecule has 0 saturated heterocycles. The number of aliphatic hydroxyl groups is 1. The molecule has 0 fully saturated rings. The van der Waals surface area contributed by atoms with Gasteiger partial charge in [-0.1, -0.05) is 35.9 Å². The van der Waals surface area contributed by atoms with E-state index in [-0.39, 0.29) is 12.5 Å². The maximum atomic E-state index is 11.9. The van der Waals surface area contributed by atoms with Gasteiger partial charge >= 0.3 is 0 Å². The normalized spacial score (nSPS) is 10.4. The number of carbonyl (C=O) groups is 1. The highest BCUT2D eigenvalue weighted by Gasteiger charge is 2.07. The van der Waals surface area contributed by atoms with Crippen LogP contribution in [-0.4, -0.2) is 16.0 Å². The standard InChI is InChI=1S/C17H20N2O2/c1-13-7-9-14(10-8-13)4-2-6-16(21)19-17-15(12-20)5-3-11-18-17/h3,5,7-11,20H,2,4,6,12H2,1H3,(H,18,19,21). The van der Waals surface area contributed by atoms with Crippen molar-refractivity contribution in [1.29, 1.82) is 0 Å². The third kappa shape index (κ3) is 4.68. The number of hydrogen-bond donors (Lipinski definition) is 2. The van der Waals surface area contributed by atoms with E-state index >= 15 is 0 Å². The number of aliphatic hydroxyl groups excluding tert-OH is 1. The summed E-state index contributed by atoms with van der Waals surface area (Å²) in [7, 11) is 0. The van der Waals surface area contributed by atoms with Crippen molar-refractivity contribution >= 4 is 11.7 Å². The molecule has 1 heterocycles. The zero-order valence-corrected chi connectivity index (χ0v) is 12.2. The van der Waals surface area contributed by atoms with E-state index in [1.54, 1.807) is 18.3 Å². The number of carbonyl (C=O) groups excluding carboxylic acids is 1. The first-order chi connectivity index (χ1) is 10.2. The van der Waals surface area contributed by atoms with E-state index < -0.39 is 0 Å². The summed E-state index contributed by atoms with van der Waals surface area (Å²) >= 11 is 0. The molecular formula is C17H20N2O2. The molecule has 0 unspecified atom stereocenters. The van der Waals surface area contributed by atoms with Gasteiger partial charge < -0.3 is 10.4 Å². The van der Waals surface area contributed by atoms with Crippen molar-refractivity contribution in [1.82, 2.24) is 4.98 Å². The van der Waals surface area contributed by atoms with Crippen LogP contribution in [0.2, 0.25) is 0 Å². The summed E-state index contributed by atoms with van der Waals surface area (Å²) < 4.78 is 0. The first-order valence-corrected chi connectivity index (χ1v) is 7.09. The highest BCUT2D eigenvalue weighted by molar-refractivity contribution is 5.90. The predicted molar refractivity (Wildman–Crippen MR) is 82.9 cm³/mol. The quantitative estimate of drug-likeness (QED) is 0.857. The molecule has 0 spiro atoms. The Bertz CT molecular complexity index is 594. The first-order valence-electron chi connectivity index (χ1n) is 7.09. The van der Waals surface area contributed by atoms with Gasteiger partial charge in [-0.25, -0.2) is 4.98 Å². The summed E-state index contributed by atoms with van der Waals surface area (Å²) in [6.07, 6.45) is 3.70. The monoisotopic (exact) mass is 284 g/mol.